The van der Waals surface area contributed by atoms with Crippen LogP contribution >= 0.6 is 0 Å². The molecule has 1 aliphatic carbocycles. The molecule has 5 heteroatoms. The summed E-state index contributed by atoms with van der Waals surface area (Å²) in [6.07, 6.45) is 4.09. The van der Waals surface area contributed by atoms with Gasteiger partial charge in [-0.3, -0.25) is 4.79 Å². The van der Waals surface area contributed by atoms with Crippen molar-refractivity contribution in [2.24, 2.45) is 17.6 Å². The highest BCUT2D eigenvalue weighted by Gasteiger charge is 2.37. The predicted molar refractivity (Wildman–Crippen MR) is 72.5 cm³/mol. The molecule has 1 saturated heterocycles. The van der Waals surface area contributed by atoms with Crippen LogP contribution in [0.25, 0.3) is 0 Å². The Hall–Kier alpha value is -0.650. The third kappa shape index (κ3) is 3.27. The van der Waals surface area contributed by atoms with E-state index in [1.54, 1.807) is 0 Å². The predicted octanol–water partition coefficient (Wildman–Crippen LogP) is 0.360. The van der Waals surface area contributed by atoms with Crippen LogP contribution in [0.5, 0.6) is 0 Å². The Balaban J connectivity index is 2.03. The van der Waals surface area contributed by atoms with Gasteiger partial charge in [0.05, 0.1) is 25.4 Å². The van der Waals surface area contributed by atoms with Gasteiger partial charge in [0.1, 0.15) is 0 Å². The van der Waals surface area contributed by atoms with Crippen LogP contribution in [0.15, 0.2) is 0 Å². The van der Waals surface area contributed by atoms with Gasteiger partial charge in [0.2, 0.25) is 5.91 Å². The number of morpholine rings is 1. The molecule has 0 aromatic carbocycles. The van der Waals surface area contributed by atoms with Crippen molar-refractivity contribution in [1.82, 2.24) is 4.90 Å². The molecule has 0 spiro atoms. The number of ether oxygens (including phenoxy) is 1. The van der Waals surface area contributed by atoms with E-state index in [1.165, 1.54) is 6.42 Å². The normalized spacial score (nSPS) is 36.3. The van der Waals surface area contributed by atoms with E-state index in [0.717, 1.165) is 19.3 Å². The van der Waals surface area contributed by atoms with Gasteiger partial charge in [-0.15, -0.1) is 0 Å². The second kappa shape index (κ2) is 6.68. The van der Waals surface area contributed by atoms with Gasteiger partial charge >= 0.3 is 0 Å². The van der Waals surface area contributed by atoms with Crippen LogP contribution in [0.1, 0.15) is 32.6 Å². The van der Waals surface area contributed by atoms with Gasteiger partial charge < -0.3 is 20.5 Å². The maximum Gasteiger partial charge on any atom is 0.226 e. The monoisotopic (exact) mass is 270 g/mol. The summed E-state index contributed by atoms with van der Waals surface area (Å²) in [5.74, 6) is 0.604. The lowest BCUT2D eigenvalue weighted by atomic mass is 9.78. The van der Waals surface area contributed by atoms with Crippen molar-refractivity contribution in [2.75, 3.05) is 26.3 Å². The molecule has 0 aromatic rings. The van der Waals surface area contributed by atoms with Crippen LogP contribution in [-0.2, 0) is 9.53 Å². The van der Waals surface area contributed by atoms with Crippen molar-refractivity contribution in [1.29, 1.82) is 0 Å². The molecule has 19 heavy (non-hydrogen) atoms. The van der Waals surface area contributed by atoms with E-state index in [4.69, 9.17) is 10.5 Å². The first-order valence-corrected chi connectivity index (χ1v) is 7.40. The van der Waals surface area contributed by atoms with Crippen LogP contribution in [-0.4, -0.2) is 54.4 Å². The molecule has 1 saturated carbocycles. The molecule has 0 aromatic heterocycles. The molecule has 3 N–H and O–H groups in total. The first-order chi connectivity index (χ1) is 9.17. The van der Waals surface area contributed by atoms with E-state index in [-0.39, 0.29) is 30.6 Å². The molecule has 1 aliphatic heterocycles. The van der Waals surface area contributed by atoms with Crippen molar-refractivity contribution < 1.29 is 14.6 Å². The number of rotatable bonds is 3. The number of carbonyl (C=O) groups is 1. The molecule has 110 valence electrons. The van der Waals surface area contributed by atoms with Crippen molar-refractivity contribution in [3.63, 3.8) is 0 Å². The van der Waals surface area contributed by atoms with E-state index in [9.17, 15) is 9.90 Å². The fourth-order valence-electron chi connectivity index (χ4n) is 3.26. The van der Waals surface area contributed by atoms with Crippen molar-refractivity contribution in [2.45, 2.75) is 44.8 Å². The van der Waals surface area contributed by atoms with Gasteiger partial charge in [0.25, 0.3) is 0 Å². The second-order valence-corrected chi connectivity index (χ2v) is 5.86. The van der Waals surface area contributed by atoms with Gasteiger partial charge in [0, 0.05) is 12.5 Å². The minimum Gasteiger partial charge on any atom is -0.394 e. The molecule has 0 bridgehead atoms. The standard InChI is InChI=1S/C14H26N2O3/c1-10-9-19-12(8-17)7-16(10)14(18)13-5-3-2-4-11(13)6-15/h10-13,17H,2-9,15H2,1H3. The fraction of sp³-hybridized carbons (Fsp3) is 0.929. The molecular weight excluding hydrogens is 244 g/mol. The van der Waals surface area contributed by atoms with Crippen molar-refractivity contribution >= 4 is 5.91 Å². The van der Waals surface area contributed by atoms with Crippen molar-refractivity contribution in [3.8, 4) is 0 Å². The Morgan fingerprint density at radius 2 is 2.16 bits per heavy atom. The average molecular weight is 270 g/mol. The maximum absolute atomic E-state index is 12.7. The molecule has 2 aliphatic rings. The summed E-state index contributed by atoms with van der Waals surface area (Å²) in [6, 6.07) is 0.0932. The van der Waals surface area contributed by atoms with Gasteiger partial charge in [-0.1, -0.05) is 12.8 Å². The zero-order valence-corrected chi connectivity index (χ0v) is 11.8. The zero-order valence-electron chi connectivity index (χ0n) is 11.8. The lowest BCUT2D eigenvalue weighted by Gasteiger charge is -2.41. The lowest BCUT2D eigenvalue weighted by Crippen LogP contribution is -2.55. The summed E-state index contributed by atoms with van der Waals surface area (Å²) >= 11 is 0. The molecule has 4 atom stereocenters. The SMILES string of the molecule is CC1COC(CO)CN1C(=O)C1CCCCC1CN. The first-order valence-electron chi connectivity index (χ1n) is 7.40. The molecule has 5 nitrogen and oxygen atoms in total. The van der Waals surface area contributed by atoms with E-state index in [2.05, 4.69) is 0 Å². The van der Waals surface area contributed by atoms with Crippen LogP contribution < -0.4 is 5.73 Å². The van der Waals surface area contributed by atoms with Crippen LogP contribution in [0, 0.1) is 11.8 Å². The van der Waals surface area contributed by atoms with E-state index < -0.39 is 0 Å². The molecule has 4 unspecified atom stereocenters. The number of aliphatic hydroxyl groups excluding tert-OH is 1. The molecular formula is C14H26N2O3. The molecule has 2 rings (SSSR count). The Morgan fingerprint density at radius 1 is 1.42 bits per heavy atom. The highest BCUT2D eigenvalue weighted by Crippen LogP contribution is 2.31. The largest absolute Gasteiger partial charge is 0.394 e. The van der Waals surface area contributed by atoms with E-state index in [1.807, 2.05) is 11.8 Å². The molecule has 0 radical (unpaired) electrons. The number of aliphatic hydroxyl groups is 1. The van der Waals surface area contributed by atoms with Crippen LogP contribution in [0.2, 0.25) is 0 Å². The number of nitrogens with zero attached hydrogens (tertiary/aromatic N) is 1. The summed E-state index contributed by atoms with van der Waals surface area (Å²) in [4.78, 5) is 14.6. The number of nitrogens with two attached hydrogens (primary N) is 1. The van der Waals surface area contributed by atoms with Crippen LogP contribution in [0.3, 0.4) is 0 Å². The van der Waals surface area contributed by atoms with Gasteiger partial charge in [0.15, 0.2) is 0 Å². The average Bonchev–Trinajstić information content (AvgIpc) is 2.47. The van der Waals surface area contributed by atoms with Gasteiger partial charge in [-0.2, -0.15) is 0 Å². The Labute approximate surface area is 115 Å². The van der Waals surface area contributed by atoms with Gasteiger partial charge in [-0.05, 0) is 32.2 Å². The quantitative estimate of drug-likeness (QED) is 0.776. The smallest absolute Gasteiger partial charge is 0.226 e. The third-order valence-electron chi connectivity index (χ3n) is 4.52. The maximum atomic E-state index is 12.7. The Kier molecular flexibility index (Phi) is 5.19. The van der Waals surface area contributed by atoms with Gasteiger partial charge in [-0.25, -0.2) is 0 Å². The first kappa shape index (κ1) is 14.8. The number of amides is 1. The number of hydrogen-bond donors (Lipinski definition) is 2. The Bertz CT molecular complexity index is 311. The highest BCUT2D eigenvalue weighted by molar-refractivity contribution is 5.79. The molecule has 1 amide bonds. The summed E-state index contributed by atoms with van der Waals surface area (Å²) < 4.78 is 5.49. The summed E-state index contributed by atoms with van der Waals surface area (Å²) in [5.41, 5.74) is 5.81. The number of carbonyl (C=O) groups excluding carboxylic acids is 1. The van der Waals surface area contributed by atoms with Crippen LogP contribution in [0.4, 0.5) is 0 Å². The fourth-order valence-corrected chi connectivity index (χ4v) is 3.26. The summed E-state index contributed by atoms with van der Waals surface area (Å²) in [6.45, 7) is 3.59. The highest BCUT2D eigenvalue weighted by atomic mass is 16.5. The zero-order chi connectivity index (χ0) is 13.8. The number of hydrogen-bond acceptors (Lipinski definition) is 4. The van der Waals surface area contributed by atoms with E-state index >= 15 is 0 Å². The van der Waals surface area contributed by atoms with Crippen molar-refractivity contribution in [3.05, 3.63) is 0 Å². The molecule has 1 heterocycles. The topological polar surface area (TPSA) is 75.8 Å². The minimum absolute atomic E-state index is 0.0263. The lowest BCUT2D eigenvalue weighted by molar-refractivity contribution is -0.153. The second-order valence-electron chi connectivity index (χ2n) is 5.86. The third-order valence-corrected chi connectivity index (χ3v) is 4.52. The summed E-state index contributed by atoms with van der Waals surface area (Å²) in [7, 11) is 0. The minimum atomic E-state index is -0.236. The molecule has 2 fully saturated rings. The Morgan fingerprint density at radius 3 is 2.84 bits per heavy atom. The summed E-state index contributed by atoms with van der Waals surface area (Å²) in [5, 5.41) is 9.20. The van der Waals surface area contributed by atoms with E-state index in [0.29, 0.717) is 25.6 Å².